The summed E-state index contributed by atoms with van der Waals surface area (Å²) in [5.74, 6) is 0.897. The smallest absolute Gasteiger partial charge is 0.169 e. The van der Waals surface area contributed by atoms with Gasteiger partial charge in [-0.25, -0.2) is 4.68 Å². The minimum absolute atomic E-state index is 0.354. The quantitative estimate of drug-likeness (QED) is 0.724. The average Bonchev–Trinajstić information content (AvgIpc) is 2.54. The molecule has 0 spiro atoms. The van der Waals surface area contributed by atoms with E-state index in [4.69, 9.17) is 10.5 Å². The van der Waals surface area contributed by atoms with E-state index in [1.54, 1.807) is 0 Å². The molecule has 0 unspecified atom stereocenters. The third-order valence-corrected chi connectivity index (χ3v) is 2.21. The van der Waals surface area contributed by atoms with Crippen molar-refractivity contribution in [2.24, 2.45) is 0 Å². The highest BCUT2D eigenvalue weighted by Gasteiger charge is 2.12. The first-order valence-corrected chi connectivity index (χ1v) is 5.43. The van der Waals surface area contributed by atoms with Crippen LogP contribution < -0.4 is 5.73 Å². The first-order chi connectivity index (χ1) is 7.16. The number of nitrogen functional groups attached to an aromatic ring is 1. The molecule has 0 saturated carbocycles. The van der Waals surface area contributed by atoms with Crippen molar-refractivity contribution >= 4 is 5.82 Å². The fraction of sp³-hybridized carbons (Fsp3) is 0.800. The van der Waals surface area contributed by atoms with Crippen LogP contribution >= 0.6 is 0 Å². The molecule has 0 fully saturated rings. The molecule has 1 aromatic rings. The van der Waals surface area contributed by atoms with Crippen molar-refractivity contribution in [2.75, 3.05) is 18.9 Å². The zero-order valence-electron chi connectivity index (χ0n) is 9.73. The molecule has 1 aromatic heterocycles. The zero-order chi connectivity index (χ0) is 11.3. The minimum atomic E-state index is 0.354. The topological polar surface area (TPSA) is 66.0 Å². The lowest BCUT2D eigenvalue weighted by molar-refractivity contribution is 0.140. The molecule has 15 heavy (non-hydrogen) atoms. The second kappa shape index (κ2) is 5.70. The SMILES string of the molecule is CCOCCCn1nnc(N)c1C(C)C. The molecule has 0 aliphatic rings. The van der Waals surface area contributed by atoms with Crippen LogP contribution in [0.25, 0.3) is 0 Å². The lowest BCUT2D eigenvalue weighted by Crippen LogP contribution is -2.09. The van der Waals surface area contributed by atoms with Crippen LogP contribution in [-0.2, 0) is 11.3 Å². The van der Waals surface area contributed by atoms with E-state index < -0.39 is 0 Å². The Kier molecular flexibility index (Phi) is 4.55. The van der Waals surface area contributed by atoms with Crippen molar-refractivity contribution in [3.63, 3.8) is 0 Å². The number of nitrogens with two attached hydrogens (primary N) is 1. The predicted molar refractivity (Wildman–Crippen MR) is 59.6 cm³/mol. The fourth-order valence-corrected chi connectivity index (χ4v) is 1.55. The lowest BCUT2D eigenvalue weighted by Gasteiger charge is -2.09. The van der Waals surface area contributed by atoms with Crippen molar-refractivity contribution in [1.82, 2.24) is 15.0 Å². The van der Waals surface area contributed by atoms with E-state index in [9.17, 15) is 0 Å². The van der Waals surface area contributed by atoms with E-state index in [1.807, 2.05) is 11.6 Å². The Morgan fingerprint density at radius 3 is 2.80 bits per heavy atom. The largest absolute Gasteiger partial charge is 0.382 e. The van der Waals surface area contributed by atoms with Crippen molar-refractivity contribution < 1.29 is 4.74 Å². The van der Waals surface area contributed by atoms with Crippen molar-refractivity contribution in [2.45, 2.75) is 39.7 Å². The molecule has 0 aliphatic heterocycles. The van der Waals surface area contributed by atoms with Gasteiger partial charge >= 0.3 is 0 Å². The molecular formula is C10H20N4O. The Bertz CT molecular complexity index is 296. The minimum Gasteiger partial charge on any atom is -0.382 e. The van der Waals surface area contributed by atoms with E-state index in [-0.39, 0.29) is 0 Å². The van der Waals surface area contributed by atoms with Crippen LogP contribution in [0, 0.1) is 0 Å². The van der Waals surface area contributed by atoms with Crippen molar-refractivity contribution in [3.8, 4) is 0 Å². The fourth-order valence-electron chi connectivity index (χ4n) is 1.55. The Hall–Kier alpha value is -1.10. The van der Waals surface area contributed by atoms with Crippen LogP contribution in [0.15, 0.2) is 0 Å². The summed E-state index contributed by atoms with van der Waals surface area (Å²) in [4.78, 5) is 0. The van der Waals surface area contributed by atoms with E-state index in [2.05, 4.69) is 24.2 Å². The van der Waals surface area contributed by atoms with Gasteiger partial charge in [0.05, 0.1) is 5.69 Å². The highest BCUT2D eigenvalue weighted by molar-refractivity contribution is 5.34. The van der Waals surface area contributed by atoms with Crippen LogP contribution in [0.1, 0.15) is 38.8 Å². The number of aromatic nitrogens is 3. The summed E-state index contributed by atoms with van der Waals surface area (Å²) in [6.45, 7) is 8.51. The summed E-state index contributed by atoms with van der Waals surface area (Å²) in [5, 5.41) is 7.91. The Balaban J connectivity index is 2.53. The van der Waals surface area contributed by atoms with Gasteiger partial charge < -0.3 is 10.5 Å². The summed E-state index contributed by atoms with van der Waals surface area (Å²) in [6.07, 6.45) is 0.941. The molecule has 0 aliphatic carbocycles. The summed E-state index contributed by atoms with van der Waals surface area (Å²) < 4.78 is 7.14. The summed E-state index contributed by atoms with van der Waals surface area (Å²) in [6, 6.07) is 0. The number of nitrogens with zero attached hydrogens (tertiary/aromatic N) is 3. The lowest BCUT2D eigenvalue weighted by atomic mass is 10.1. The van der Waals surface area contributed by atoms with Crippen LogP contribution in [0.3, 0.4) is 0 Å². The molecule has 2 N–H and O–H groups in total. The summed E-state index contributed by atoms with van der Waals surface area (Å²) >= 11 is 0. The average molecular weight is 212 g/mol. The van der Waals surface area contributed by atoms with E-state index in [0.717, 1.165) is 31.9 Å². The van der Waals surface area contributed by atoms with Gasteiger partial charge in [-0.1, -0.05) is 19.1 Å². The van der Waals surface area contributed by atoms with Crippen molar-refractivity contribution in [1.29, 1.82) is 0 Å². The Morgan fingerprint density at radius 1 is 1.47 bits per heavy atom. The zero-order valence-corrected chi connectivity index (χ0v) is 9.73. The van der Waals surface area contributed by atoms with Gasteiger partial charge in [0.25, 0.3) is 0 Å². The van der Waals surface area contributed by atoms with Crippen LogP contribution in [0.4, 0.5) is 5.82 Å². The van der Waals surface area contributed by atoms with Crippen molar-refractivity contribution in [3.05, 3.63) is 5.69 Å². The Morgan fingerprint density at radius 2 is 2.20 bits per heavy atom. The van der Waals surface area contributed by atoms with E-state index in [0.29, 0.717) is 11.7 Å². The molecule has 1 rings (SSSR count). The molecule has 0 bridgehead atoms. The Labute approximate surface area is 90.6 Å². The molecule has 0 saturated heterocycles. The van der Waals surface area contributed by atoms with Gasteiger partial charge in [0.1, 0.15) is 0 Å². The highest BCUT2D eigenvalue weighted by Crippen LogP contribution is 2.18. The van der Waals surface area contributed by atoms with Gasteiger partial charge in [0.15, 0.2) is 5.82 Å². The molecule has 5 nitrogen and oxygen atoms in total. The monoisotopic (exact) mass is 212 g/mol. The number of ether oxygens (including phenoxy) is 1. The van der Waals surface area contributed by atoms with Gasteiger partial charge in [0.2, 0.25) is 0 Å². The molecule has 0 radical (unpaired) electrons. The molecular weight excluding hydrogens is 192 g/mol. The first kappa shape index (κ1) is 12.0. The highest BCUT2D eigenvalue weighted by atomic mass is 16.5. The van der Waals surface area contributed by atoms with Crippen LogP contribution in [0.5, 0.6) is 0 Å². The maximum atomic E-state index is 5.75. The van der Waals surface area contributed by atoms with E-state index >= 15 is 0 Å². The summed E-state index contributed by atoms with van der Waals surface area (Å²) in [7, 11) is 0. The number of anilines is 1. The standard InChI is InChI=1S/C10H20N4O/c1-4-15-7-5-6-14-9(8(2)3)10(11)12-13-14/h8H,4-7,11H2,1-3H3. The first-order valence-electron chi connectivity index (χ1n) is 5.43. The maximum Gasteiger partial charge on any atom is 0.169 e. The predicted octanol–water partition coefficient (Wildman–Crippen LogP) is 1.41. The second-order valence-corrected chi connectivity index (χ2v) is 3.79. The third kappa shape index (κ3) is 3.20. The molecule has 0 amide bonds. The molecule has 0 atom stereocenters. The molecule has 0 aromatic carbocycles. The molecule has 5 heteroatoms. The maximum absolute atomic E-state index is 5.75. The summed E-state index contributed by atoms with van der Waals surface area (Å²) in [5.41, 5.74) is 6.77. The second-order valence-electron chi connectivity index (χ2n) is 3.79. The molecule has 1 heterocycles. The number of rotatable bonds is 6. The normalized spacial score (nSPS) is 11.2. The third-order valence-electron chi connectivity index (χ3n) is 2.21. The number of hydrogen-bond donors (Lipinski definition) is 1. The van der Waals surface area contributed by atoms with Crippen LogP contribution in [0.2, 0.25) is 0 Å². The number of hydrogen-bond acceptors (Lipinski definition) is 4. The van der Waals surface area contributed by atoms with Gasteiger partial charge in [-0.2, -0.15) is 0 Å². The molecule has 86 valence electrons. The van der Waals surface area contributed by atoms with Gasteiger partial charge in [0, 0.05) is 19.8 Å². The van der Waals surface area contributed by atoms with Gasteiger partial charge in [-0.3, -0.25) is 0 Å². The van der Waals surface area contributed by atoms with Crippen LogP contribution in [-0.4, -0.2) is 28.2 Å². The van der Waals surface area contributed by atoms with Gasteiger partial charge in [-0.05, 0) is 19.3 Å². The van der Waals surface area contributed by atoms with E-state index in [1.165, 1.54) is 0 Å². The number of aryl methyl sites for hydroxylation is 1. The van der Waals surface area contributed by atoms with Gasteiger partial charge in [-0.15, -0.1) is 5.10 Å².